The average molecular weight is 291 g/mol. The predicted octanol–water partition coefficient (Wildman–Crippen LogP) is 3.51. The van der Waals surface area contributed by atoms with Crippen molar-refractivity contribution in [2.45, 2.75) is 19.4 Å². The highest BCUT2D eigenvalue weighted by molar-refractivity contribution is 5.36. The Morgan fingerprint density at radius 3 is 2.38 bits per heavy atom. The molecule has 2 nitrogen and oxygen atoms in total. The highest BCUT2D eigenvalue weighted by atomic mass is 19.1. The van der Waals surface area contributed by atoms with E-state index >= 15 is 0 Å². The summed E-state index contributed by atoms with van der Waals surface area (Å²) in [5.74, 6) is -1.17. The van der Waals surface area contributed by atoms with Gasteiger partial charge in [-0.1, -0.05) is 24.3 Å². The largest absolute Gasteiger partial charge is 0.384 e. The number of hydrogen-bond donors (Lipinski definition) is 1. The Morgan fingerprint density at radius 2 is 1.76 bits per heavy atom. The van der Waals surface area contributed by atoms with E-state index in [0.717, 1.165) is 23.6 Å². The van der Waals surface area contributed by atoms with Crippen LogP contribution in [0.5, 0.6) is 0 Å². The summed E-state index contributed by atoms with van der Waals surface area (Å²) < 4.78 is 32.2. The molecule has 2 aromatic carbocycles. The lowest BCUT2D eigenvalue weighted by Gasteiger charge is -2.15. The molecule has 1 atom stereocenters. The monoisotopic (exact) mass is 291 g/mol. The van der Waals surface area contributed by atoms with E-state index < -0.39 is 17.7 Å². The summed E-state index contributed by atoms with van der Waals surface area (Å²) in [5, 5.41) is 0. The van der Waals surface area contributed by atoms with Crippen molar-refractivity contribution >= 4 is 0 Å². The minimum absolute atomic E-state index is 0.304. The van der Waals surface area contributed by atoms with Crippen molar-refractivity contribution in [3.05, 3.63) is 70.3 Å². The van der Waals surface area contributed by atoms with Crippen LogP contribution in [0.25, 0.3) is 0 Å². The minimum atomic E-state index is -0.617. The molecule has 0 saturated carbocycles. The first-order chi connectivity index (χ1) is 10.0. The fourth-order valence-electron chi connectivity index (χ4n) is 2.21. The number of rotatable bonds is 5. The molecule has 1 unspecified atom stereocenters. The van der Waals surface area contributed by atoms with Gasteiger partial charge in [0.15, 0.2) is 0 Å². The lowest BCUT2D eigenvalue weighted by atomic mass is 9.96. The maximum Gasteiger partial charge on any atom is 0.131 e. The first-order valence-corrected chi connectivity index (χ1v) is 6.82. The molecule has 0 spiro atoms. The van der Waals surface area contributed by atoms with E-state index in [-0.39, 0.29) is 0 Å². The van der Waals surface area contributed by atoms with Gasteiger partial charge < -0.3 is 10.5 Å². The van der Waals surface area contributed by atoms with Crippen molar-refractivity contribution in [2.24, 2.45) is 5.73 Å². The maximum absolute atomic E-state index is 13.9. The van der Waals surface area contributed by atoms with Crippen LogP contribution in [0.2, 0.25) is 0 Å². The van der Waals surface area contributed by atoms with Crippen molar-refractivity contribution in [3.63, 3.8) is 0 Å². The molecule has 0 radical (unpaired) electrons. The van der Waals surface area contributed by atoms with Crippen molar-refractivity contribution in [3.8, 4) is 0 Å². The van der Waals surface area contributed by atoms with Crippen LogP contribution >= 0.6 is 0 Å². The van der Waals surface area contributed by atoms with Crippen LogP contribution in [-0.4, -0.2) is 13.7 Å². The van der Waals surface area contributed by atoms with E-state index in [1.54, 1.807) is 14.0 Å². The third-order valence-electron chi connectivity index (χ3n) is 3.55. The van der Waals surface area contributed by atoms with Gasteiger partial charge in [0.1, 0.15) is 11.6 Å². The smallest absolute Gasteiger partial charge is 0.131 e. The molecular weight excluding hydrogens is 272 g/mol. The van der Waals surface area contributed by atoms with Crippen LogP contribution in [0, 0.1) is 18.6 Å². The predicted molar refractivity (Wildman–Crippen MR) is 79.1 cm³/mol. The van der Waals surface area contributed by atoms with Gasteiger partial charge in [-0.15, -0.1) is 0 Å². The molecule has 0 aromatic heterocycles. The van der Waals surface area contributed by atoms with Crippen LogP contribution in [-0.2, 0) is 11.2 Å². The van der Waals surface area contributed by atoms with Crippen LogP contribution in [0.4, 0.5) is 8.78 Å². The average Bonchev–Trinajstić information content (AvgIpc) is 2.48. The second kappa shape index (κ2) is 6.78. The topological polar surface area (TPSA) is 35.2 Å². The van der Waals surface area contributed by atoms with Crippen LogP contribution < -0.4 is 5.73 Å². The molecule has 21 heavy (non-hydrogen) atoms. The Bertz CT molecular complexity index is 611. The summed E-state index contributed by atoms with van der Waals surface area (Å²) in [4.78, 5) is 0. The summed E-state index contributed by atoms with van der Waals surface area (Å²) in [6.45, 7) is 2.25. The third kappa shape index (κ3) is 3.65. The molecule has 0 aliphatic heterocycles. The van der Waals surface area contributed by atoms with Gasteiger partial charge in [-0.25, -0.2) is 8.78 Å². The van der Waals surface area contributed by atoms with Gasteiger partial charge in [0.05, 0.1) is 12.6 Å². The lowest BCUT2D eigenvalue weighted by molar-refractivity contribution is 0.202. The number of benzene rings is 2. The first kappa shape index (κ1) is 15.6. The SMILES string of the molecule is COCCc1ccc(C(N)c2cc(C)c(F)cc2F)cc1. The number of aryl methyl sites for hydroxylation is 1. The molecule has 0 saturated heterocycles. The fraction of sp³-hybridized carbons (Fsp3) is 0.294. The van der Waals surface area contributed by atoms with Gasteiger partial charge in [-0.2, -0.15) is 0 Å². The Hall–Kier alpha value is -1.78. The van der Waals surface area contributed by atoms with E-state index in [0.29, 0.717) is 17.7 Å². The van der Waals surface area contributed by atoms with E-state index in [2.05, 4.69) is 0 Å². The standard InChI is InChI=1S/C17H19F2NO/c1-11-9-14(16(19)10-15(11)18)17(20)13-5-3-12(4-6-13)7-8-21-2/h3-6,9-10,17H,7-8,20H2,1-2H3. The zero-order valence-corrected chi connectivity index (χ0v) is 12.2. The van der Waals surface area contributed by atoms with Crippen LogP contribution in [0.15, 0.2) is 36.4 Å². The summed E-state index contributed by atoms with van der Waals surface area (Å²) in [6, 6.07) is 9.37. The quantitative estimate of drug-likeness (QED) is 0.915. The molecule has 112 valence electrons. The summed E-state index contributed by atoms with van der Waals surface area (Å²) in [7, 11) is 1.66. The van der Waals surface area contributed by atoms with E-state index in [1.165, 1.54) is 6.07 Å². The number of methoxy groups -OCH3 is 1. The van der Waals surface area contributed by atoms with Gasteiger partial charge in [-0.3, -0.25) is 0 Å². The van der Waals surface area contributed by atoms with Gasteiger partial charge in [-0.05, 0) is 36.1 Å². The molecule has 0 aliphatic rings. The molecule has 2 N–H and O–H groups in total. The van der Waals surface area contributed by atoms with Gasteiger partial charge in [0.25, 0.3) is 0 Å². The molecular formula is C17H19F2NO. The number of hydrogen-bond acceptors (Lipinski definition) is 2. The second-order valence-electron chi connectivity index (χ2n) is 5.08. The second-order valence-corrected chi connectivity index (χ2v) is 5.08. The number of nitrogens with two attached hydrogens (primary N) is 1. The summed E-state index contributed by atoms with van der Waals surface area (Å²) in [5.41, 5.74) is 8.71. The number of halogens is 2. The number of ether oxygens (including phenoxy) is 1. The van der Waals surface area contributed by atoms with E-state index in [1.807, 2.05) is 24.3 Å². The van der Waals surface area contributed by atoms with E-state index in [4.69, 9.17) is 10.5 Å². The molecule has 4 heteroatoms. The van der Waals surface area contributed by atoms with Gasteiger partial charge in [0, 0.05) is 18.7 Å². The molecule has 0 bridgehead atoms. The Labute approximate surface area is 123 Å². The molecule has 0 heterocycles. The Morgan fingerprint density at radius 1 is 1.10 bits per heavy atom. The van der Waals surface area contributed by atoms with Crippen molar-refractivity contribution < 1.29 is 13.5 Å². The Kier molecular flexibility index (Phi) is 5.04. The van der Waals surface area contributed by atoms with Gasteiger partial charge >= 0.3 is 0 Å². The minimum Gasteiger partial charge on any atom is -0.384 e. The van der Waals surface area contributed by atoms with Crippen LogP contribution in [0.1, 0.15) is 28.3 Å². The zero-order chi connectivity index (χ0) is 15.4. The summed E-state index contributed by atoms with van der Waals surface area (Å²) >= 11 is 0. The van der Waals surface area contributed by atoms with Crippen LogP contribution in [0.3, 0.4) is 0 Å². The van der Waals surface area contributed by atoms with Crippen molar-refractivity contribution in [1.29, 1.82) is 0 Å². The van der Waals surface area contributed by atoms with Crippen molar-refractivity contribution in [2.75, 3.05) is 13.7 Å². The highest BCUT2D eigenvalue weighted by Gasteiger charge is 2.15. The highest BCUT2D eigenvalue weighted by Crippen LogP contribution is 2.25. The molecule has 0 fully saturated rings. The first-order valence-electron chi connectivity index (χ1n) is 6.82. The molecule has 2 rings (SSSR count). The fourth-order valence-corrected chi connectivity index (χ4v) is 2.21. The lowest BCUT2D eigenvalue weighted by Crippen LogP contribution is -2.14. The maximum atomic E-state index is 13.9. The molecule has 0 amide bonds. The third-order valence-corrected chi connectivity index (χ3v) is 3.55. The zero-order valence-electron chi connectivity index (χ0n) is 12.2. The van der Waals surface area contributed by atoms with Gasteiger partial charge in [0.2, 0.25) is 0 Å². The normalized spacial score (nSPS) is 12.4. The molecule has 0 aliphatic carbocycles. The Balaban J connectivity index is 2.23. The van der Waals surface area contributed by atoms with Crippen molar-refractivity contribution in [1.82, 2.24) is 0 Å². The summed E-state index contributed by atoms with van der Waals surface area (Å²) in [6.07, 6.45) is 0.816. The van der Waals surface area contributed by atoms with E-state index in [9.17, 15) is 8.78 Å². The molecule has 2 aromatic rings.